The van der Waals surface area contributed by atoms with Crippen molar-refractivity contribution in [1.82, 2.24) is 0 Å². The molecule has 1 N–H and O–H groups in total. The molecule has 0 aliphatic heterocycles. The van der Waals surface area contributed by atoms with E-state index in [0.717, 1.165) is 19.2 Å². The number of fused-ring (bicyclic) bond motifs is 2. The number of hydrogen-bond acceptors (Lipinski definition) is 9. The highest BCUT2D eigenvalue weighted by molar-refractivity contribution is 6.06. The van der Waals surface area contributed by atoms with Crippen molar-refractivity contribution in [1.29, 1.82) is 0 Å². The van der Waals surface area contributed by atoms with Crippen LogP contribution in [0, 0.1) is 0 Å². The molecule has 2 aromatic carbocycles. The molecular weight excluding hydrogens is 525 g/mol. The van der Waals surface area contributed by atoms with Crippen LogP contribution in [0.2, 0.25) is 0 Å². The summed E-state index contributed by atoms with van der Waals surface area (Å²) in [7, 11) is 2.14. The number of aliphatic hydroxyl groups is 1. The Labute approximate surface area is 219 Å². The second kappa shape index (κ2) is 10.3. The molecule has 208 valence electrons. The van der Waals surface area contributed by atoms with Crippen LogP contribution in [0.25, 0.3) is 21.9 Å². The molecule has 0 radical (unpaired) electrons. The second-order valence-electron chi connectivity index (χ2n) is 9.13. The van der Waals surface area contributed by atoms with E-state index in [1.165, 1.54) is 57.6 Å². The van der Waals surface area contributed by atoms with Crippen molar-refractivity contribution in [3.05, 3.63) is 70.8 Å². The van der Waals surface area contributed by atoms with Gasteiger partial charge in [0, 0.05) is 18.7 Å². The maximum atomic E-state index is 14.3. The summed E-state index contributed by atoms with van der Waals surface area (Å²) < 4.78 is 75.2. The molecule has 0 aliphatic carbocycles. The lowest BCUT2D eigenvalue weighted by Crippen LogP contribution is -2.55. The Morgan fingerprint density at radius 2 is 1.64 bits per heavy atom. The molecule has 9 nitrogen and oxygen atoms in total. The normalized spacial score (nSPS) is 14.7. The molecule has 0 fully saturated rings. The van der Waals surface area contributed by atoms with E-state index >= 15 is 0 Å². The molecule has 4 aromatic rings. The minimum absolute atomic E-state index is 0.0755. The van der Waals surface area contributed by atoms with Gasteiger partial charge in [0.2, 0.25) is 5.75 Å². The number of hydrogen-bond donors (Lipinski definition) is 1. The number of benzene rings is 2. The minimum Gasteiger partial charge on any atom is -0.495 e. The molecule has 0 bridgehead atoms. The van der Waals surface area contributed by atoms with Gasteiger partial charge in [0.1, 0.15) is 12.4 Å². The Balaban J connectivity index is 1.74. The van der Waals surface area contributed by atoms with E-state index in [2.05, 4.69) is 0 Å². The van der Waals surface area contributed by atoms with Crippen LogP contribution in [0.5, 0.6) is 11.5 Å². The highest BCUT2D eigenvalue weighted by Crippen LogP contribution is 2.45. The lowest BCUT2D eigenvalue weighted by atomic mass is 9.92. The summed E-state index contributed by atoms with van der Waals surface area (Å²) in [4.78, 5) is 25.2. The number of carbonyl (C=O) groups excluding carboxylic acids is 1. The topological polar surface area (TPSA) is 118 Å². The third-order valence-electron chi connectivity index (χ3n) is 6.19. The third-order valence-corrected chi connectivity index (χ3v) is 6.19. The summed E-state index contributed by atoms with van der Waals surface area (Å²) in [6.07, 6.45) is -5.54. The number of ether oxygens (including phenoxy) is 4. The Morgan fingerprint density at radius 3 is 2.23 bits per heavy atom. The zero-order valence-electron chi connectivity index (χ0n) is 21.3. The van der Waals surface area contributed by atoms with E-state index in [4.69, 9.17) is 27.8 Å². The number of rotatable bonds is 9. The fourth-order valence-electron chi connectivity index (χ4n) is 4.17. The summed E-state index contributed by atoms with van der Waals surface area (Å²) in [6.45, 7) is 1.80. The van der Waals surface area contributed by atoms with Crippen molar-refractivity contribution in [2.75, 3.05) is 20.8 Å². The lowest BCUT2D eigenvalue weighted by molar-refractivity contribution is -0.281. The van der Waals surface area contributed by atoms with Gasteiger partial charge in [-0.25, -0.2) is 9.59 Å². The van der Waals surface area contributed by atoms with Gasteiger partial charge < -0.3 is 32.9 Å². The first kappa shape index (κ1) is 28.0. The Kier molecular flexibility index (Phi) is 7.37. The molecule has 0 aliphatic rings. The first-order valence-corrected chi connectivity index (χ1v) is 11.6. The van der Waals surface area contributed by atoms with Crippen LogP contribution >= 0.6 is 0 Å². The van der Waals surface area contributed by atoms with Crippen molar-refractivity contribution in [3.63, 3.8) is 0 Å². The number of methoxy groups -OCH3 is 2. The molecule has 2 aromatic heterocycles. The van der Waals surface area contributed by atoms with Crippen molar-refractivity contribution >= 4 is 27.9 Å². The Morgan fingerprint density at radius 1 is 0.974 bits per heavy atom. The van der Waals surface area contributed by atoms with Crippen LogP contribution in [-0.4, -0.2) is 49.8 Å². The molecular formula is C27H25F3O9. The fourth-order valence-corrected chi connectivity index (χ4v) is 4.17. The van der Waals surface area contributed by atoms with Crippen LogP contribution < -0.4 is 15.1 Å². The predicted molar refractivity (Wildman–Crippen MR) is 132 cm³/mol. The molecule has 12 heteroatoms. The van der Waals surface area contributed by atoms with Crippen LogP contribution in [0.4, 0.5) is 13.2 Å². The smallest absolute Gasteiger partial charge is 0.432 e. The van der Waals surface area contributed by atoms with E-state index in [0.29, 0.717) is 16.5 Å². The van der Waals surface area contributed by atoms with Crippen LogP contribution in [0.15, 0.2) is 68.4 Å². The summed E-state index contributed by atoms with van der Waals surface area (Å²) in [6, 6.07) is 10.5. The number of carbonyl (C=O) groups is 1. The third kappa shape index (κ3) is 4.92. The zero-order chi connectivity index (χ0) is 28.6. The summed E-state index contributed by atoms with van der Waals surface area (Å²) in [5.74, 6) is -1.59. The standard InChI is InChI=1S/C27H25F3O9/c1-25(2,33)18(38-24(32)26(35-4,27(28,29)30)15-8-6-5-7-9-15)14-37-23-21-17(12-13-36-21)20(34-3)16-10-11-19(31)39-22(16)23/h5-13,18,33H,14H2,1-4H3/t18-,26-/m1/s1. The summed E-state index contributed by atoms with van der Waals surface area (Å²) >= 11 is 0. The van der Waals surface area contributed by atoms with Crippen molar-refractivity contribution < 1.29 is 50.9 Å². The second-order valence-corrected chi connectivity index (χ2v) is 9.13. The van der Waals surface area contributed by atoms with Gasteiger partial charge >= 0.3 is 17.8 Å². The van der Waals surface area contributed by atoms with E-state index in [1.807, 2.05) is 0 Å². The van der Waals surface area contributed by atoms with Crippen LogP contribution in [0.3, 0.4) is 0 Å². The van der Waals surface area contributed by atoms with Crippen molar-refractivity contribution in [2.24, 2.45) is 0 Å². The SMILES string of the molecule is COc1c2ccoc2c(OC[C@@H](OC(=O)[C@](OC)(c2ccccc2)C(F)(F)F)C(C)(C)O)c2oc(=O)ccc12. The van der Waals surface area contributed by atoms with Gasteiger partial charge in [-0.1, -0.05) is 30.3 Å². The molecule has 0 saturated heterocycles. The Hall–Kier alpha value is -4.03. The Bertz CT molecular complexity index is 1530. The van der Waals surface area contributed by atoms with Gasteiger partial charge in [-0.15, -0.1) is 0 Å². The molecule has 2 heterocycles. The average Bonchev–Trinajstić information content (AvgIpc) is 3.35. The van der Waals surface area contributed by atoms with Gasteiger partial charge in [0.25, 0.3) is 5.60 Å². The average molecular weight is 550 g/mol. The summed E-state index contributed by atoms with van der Waals surface area (Å²) in [5.41, 5.74) is -6.58. The van der Waals surface area contributed by atoms with Crippen LogP contribution in [0.1, 0.15) is 19.4 Å². The van der Waals surface area contributed by atoms with Gasteiger partial charge in [-0.3, -0.25) is 0 Å². The maximum Gasteiger partial charge on any atom is 0.432 e. The largest absolute Gasteiger partial charge is 0.495 e. The quantitative estimate of drug-likeness (QED) is 0.233. The van der Waals surface area contributed by atoms with E-state index in [1.54, 1.807) is 6.07 Å². The monoisotopic (exact) mass is 550 g/mol. The van der Waals surface area contributed by atoms with Gasteiger partial charge in [-0.2, -0.15) is 13.2 Å². The highest BCUT2D eigenvalue weighted by Gasteiger charge is 2.64. The van der Waals surface area contributed by atoms with E-state index < -0.39 is 47.2 Å². The fraction of sp³-hybridized carbons (Fsp3) is 0.333. The zero-order valence-corrected chi connectivity index (χ0v) is 21.3. The predicted octanol–water partition coefficient (Wildman–Crippen LogP) is 4.71. The molecule has 2 atom stereocenters. The minimum atomic E-state index is -5.22. The first-order valence-electron chi connectivity index (χ1n) is 11.6. The van der Waals surface area contributed by atoms with Crippen molar-refractivity contribution in [2.45, 2.75) is 37.3 Å². The lowest BCUT2D eigenvalue weighted by Gasteiger charge is -2.36. The van der Waals surface area contributed by atoms with Gasteiger partial charge in [-0.05, 0) is 26.0 Å². The number of halogens is 3. The van der Waals surface area contributed by atoms with E-state index in [-0.39, 0.29) is 16.9 Å². The number of esters is 1. The number of alkyl halides is 3. The maximum absolute atomic E-state index is 14.3. The van der Waals surface area contributed by atoms with Crippen LogP contribution in [-0.2, 0) is 19.9 Å². The summed E-state index contributed by atoms with van der Waals surface area (Å²) in [5, 5.41) is 11.5. The first-order chi connectivity index (χ1) is 18.3. The molecule has 0 saturated carbocycles. The van der Waals surface area contributed by atoms with Crippen molar-refractivity contribution in [3.8, 4) is 11.5 Å². The van der Waals surface area contributed by atoms with Gasteiger partial charge in [0.15, 0.2) is 17.3 Å². The molecule has 4 rings (SSSR count). The molecule has 0 spiro atoms. The molecule has 0 unspecified atom stereocenters. The van der Waals surface area contributed by atoms with Gasteiger partial charge in [0.05, 0.1) is 29.7 Å². The molecule has 39 heavy (non-hydrogen) atoms. The molecule has 0 amide bonds. The highest BCUT2D eigenvalue weighted by atomic mass is 19.4. The van der Waals surface area contributed by atoms with E-state index in [9.17, 15) is 27.9 Å². The number of furan rings is 1.